The van der Waals surface area contributed by atoms with Gasteiger partial charge in [0.1, 0.15) is 0 Å². The first-order valence-electron chi connectivity index (χ1n) is 8.45. The molecule has 0 aliphatic carbocycles. The Morgan fingerprint density at radius 2 is 2.28 bits per heavy atom. The van der Waals surface area contributed by atoms with Gasteiger partial charge >= 0.3 is 0 Å². The van der Waals surface area contributed by atoms with Crippen LogP contribution in [-0.4, -0.2) is 34.3 Å². The number of anilines is 1. The van der Waals surface area contributed by atoms with Gasteiger partial charge in [-0.25, -0.2) is 0 Å². The van der Waals surface area contributed by atoms with E-state index < -0.39 is 0 Å². The number of aromatic nitrogens is 1. The van der Waals surface area contributed by atoms with Crippen molar-refractivity contribution in [1.82, 2.24) is 9.88 Å². The molecule has 2 heterocycles. The molecular weight excluding hydrogens is 354 g/mol. The third-order valence-corrected chi connectivity index (χ3v) is 4.87. The van der Waals surface area contributed by atoms with E-state index in [1.807, 2.05) is 43.3 Å². The van der Waals surface area contributed by atoms with Gasteiger partial charge in [-0.3, -0.25) is 4.98 Å². The van der Waals surface area contributed by atoms with Gasteiger partial charge in [-0.05, 0) is 61.8 Å². The van der Waals surface area contributed by atoms with Crippen LogP contribution in [0.15, 0.2) is 42.6 Å². The van der Waals surface area contributed by atoms with Crippen LogP contribution in [0, 0.1) is 6.92 Å². The molecule has 1 aliphatic heterocycles. The van der Waals surface area contributed by atoms with Crippen molar-refractivity contribution >= 4 is 34.6 Å². The maximum Gasteiger partial charge on any atom is 0.173 e. The molecule has 1 aromatic heterocycles. The van der Waals surface area contributed by atoms with Crippen molar-refractivity contribution in [2.75, 3.05) is 18.5 Å². The number of hydrogen-bond acceptors (Lipinski definition) is 3. The van der Waals surface area contributed by atoms with Crippen LogP contribution in [0.25, 0.3) is 0 Å². The molecule has 4 nitrogen and oxygen atoms in total. The second kappa shape index (κ2) is 8.61. The van der Waals surface area contributed by atoms with Gasteiger partial charge in [0.15, 0.2) is 5.11 Å². The summed E-state index contributed by atoms with van der Waals surface area (Å²) in [4.78, 5) is 6.52. The number of benzene rings is 1. The Morgan fingerprint density at radius 3 is 3.00 bits per heavy atom. The zero-order valence-electron chi connectivity index (χ0n) is 14.2. The summed E-state index contributed by atoms with van der Waals surface area (Å²) in [7, 11) is 0. The molecule has 1 aromatic carbocycles. The summed E-state index contributed by atoms with van der Waals surface area (Å²) in [6, 6.07) is 11.8. The summed E-state index contributed by atoms with van der Waals surface area (Å²) in [5.74, 6) is 0. The highest BCUT2D eigenvalue weighted by Crippen LogP contribution is 2.24. The maximum absolute atomic E-state index is 6.30. The zero-order valence-corrected chi connectivity index (χ0v) is 15.8. The van der Waals surface area contributed by atoms with Crippen molar-refractivity contribution < 1.29 is 4.74 Å². The number of rotatable bonds is 5. The summed E-state index contributed by atoms with van der Waals surface area (Å²) in [5.41, 5.74) is 2.93. The van der Waals surface area contributed by atoms with Crippen LogP contribution in [0.1, 0.15) is 24.1 Å². The Balaban J connectivity index is 1.74. The molecule has 6 heteroatoms. The molecule has 0 unspecified atom stereocenters. The Labute approximate surface area is 159 Å². The van der Waals surface area contributed by atoms with Crippen LogP contribution in [0.2, 0.25) is 5.02 Å². The standard InChI is InChI=1S/C19H22ClN3OS/c1-14-7-8-17(20)18(11-14)22-19(25)23(13-16-6-4-10-24-16)12-15-5-2-3-9-21-15/h2-3,5,7-9,11,16H,4,6,10,12-13H2,1H3,(H,22,25)/t16-/m1/s1. The van der Waals surface area contributed by atoms with E-state index in [0.717, 1.165) is 42.9 Å². The number of ether oxygens (including phenoxy) is 1. The summed E-state index contributed by atoms with van der Waals surface area (Å²) in [6.45, 7) is 4.23. The molecule has 0 spiro atoms. The Hall–Kier alpha value is -1.69. The van der Waals surface area contributed by atoms with Crippen molar-refractivity contribution in [1.29, 1.82) is 0 Å². The van der Waals surface area contributed by atoms with Crippen LogP contribution in [0.5, 0.6) is 0 Å². The van der Waals surface area contributed by atoms with Gasteiger partial charge in [0.2, 0.25) is 0 Å². The second-order valence-corrected chi connectivity index (χ2v) is 7.04. The molecule has 1 atom stereocenters. The number of aryl methyl sites for hydroxylation is 1. The zero-order chi connectivity index (χ0) is 17.6. The third kappa shape index (κ3) is 5.14. The van der Waals surface area contributed by atoms with E-state index in [1.54, 1.807) is 6.20 Å². The van der Waals surface area contributed by atoms with Crippen LogP contribution < -0.4 is 5.32 Å². The molecule has 1 aliphatic rings. The van der Waals surface area contributed by atoms with Crippen molar-refractivity contribution in [3.63, 3.8) is 0 Å². The number of pyridine rings is 1. The van der Waals surface area contributed by atoms with E-state index in [9.17, 15) is 0 Å². The lowest BCUT2D eigenvalue weighted by Crippen LogP contribution is -2.39. The van der Waals surface area contributed by atoms with E-state index >= 15 is 0 Å². The van der Waals surface area contributed by atoms with Gasteiger partial charge in [0, 0.05) is 19.3 Å². The molecule has 2 aromatic rings. The first-order chi connectivity index (χ1) is 12.1. The molecule has 25 heavy (non-hydrogen) atoms. The van der Waals surface area contributed by atoms with Gasteiger partial charge < -0.3 is 15.0 Å². The SMILES string of the molecule is Cc1ccc(Cl)c(NC(=S)N(Cc2ccccn2)C[C@H]2CCCO2)c1. The topological polar surface area (TPSA) is 37.4 Å². The van der Waals surface area contributed by atoms with Gasteiger partial charge in [-0.15, -0.1) is 0 Å². The van der Waals surface area contributed by atoms with Crippen LogP contribution in [0.3, 0.4) is 0 Å². The van der Waals surface area contributed by atoms with Crippen LogP contribution in [-0.2, 0) is 11.3 Å². The summed E-state index contributed by atoms with van der Waals surface area (Å²) in [6.07, 6.45) is 4.17. The van der Waals surface area contributed by atoms with E-state index in [4.69, 9.17) is 28.6 Å². The van der Waals surface area contributed by atoms with Gasteiger partial charge in [0.05, 0.1) is 29.1 Å². The molecule has 3 rings (SSSR count). The Kier molecular flexibility index (Phi) is 6.24. The molecule has 1 N–H and O–H groups in total. The van der Waals surface area contributed by atoms with Crippen molar-refractivity contribution in [2.24, 2.45) is 0 Å². The minimum atomic E-state index is 0.205. The van der Waals surface area contributed by atoms with Crippen LogP contribution >= 0.6 is 23.8 Å². The average molecular weight is 376 g/mol. The normalized spacial score (nSPS) is 16.6. The molecule has 132 valence electrons. The highest BCUT2D eigenvalue weighted by molar-refractivity contribution is 7.80. The number of thiocarbonyl (C=S) groups is 1. The quantitative estimate of drug-likeness (QED) is 0.783. The summed E-state index contributed by atoms with van der Waals surface area (Å²) in [5, 5.41) is 4.58. The number of halogens is 1. The maximum atomic E-state index is 6.30. The van der Waals surface area contributed by atoms with Crippen molar-refractivity contribution in [2.45, 2.75) is 32.4 Å². The molecular formula is C19H22ClN3OS. The Morgan fingerprint density at radius 1 is 1.40 bits per heavy atom. The number of nitrogens with one attached hydrogen (secondary N) is 1. The molecule has 0 amide bonds. The fraction of sp³-hybridized carbons (Fsp3) is 0.368. The minimum absolute atomic E-state index is 0.205. The van der Waals surface area contributed by atoms with E-state index in [-0.39, 0.29) is 6.10 Å². The fourth-order valence-corrected chi connectivity index (χ4v) is 3.28. The third-order valence-electron chi connectivity index (χ3n) is 4.18. The van der Waals surface area contributed by atoms with E-state index in [0.29, 0.717) is 16.7 Å². The first kappa shape index (κ1) is 18.1. The van der Waals surface area contributed by atoms with Crippen molar-refractivity contribution in [3.05, 3.63) is 58.9 Å². The van der Waals surface area contributed by atoms with Crippen molar-refractivity contribution in [3.8, 4) is 0 Å². The monoisotopic (exact) mass is 375 g/mol. The average Bonchev–Trinajstić information content (AvgIpc) is 3.11. The highest BCUT2D eigenvalue weighted by Gasteiger charge is 2.21. The lowest BCUT2D eigenvalue weighted by Gasteiger charge is -2.28. The fourth-order valence-electron chi connectivity index (χ4n) is 2.87. The molecule has 1 saturated heterocycles. The molecule has 0 radical (unpaired) electrons. The predicted molar refractivity (Wildman–Crippen MR) is 106 cm³/mol. The largest absolute Gasteiger partial charge is 0.376 e. The predicted octanol–water partition coefficient (Wildman–Crippen LogP) is 4.42. The number of nitrogens with zero attached hydrogens (tertiary/aromatic N) is 2. The van der Waals surface area contributed by atoms with Crippen LogP contribution in [0.4, 0.5) is 5.69 Å². The molecule has 1 fully saturated rings. The lowest BCUT2D eigenvalue weighted by atomic mass is 10.2. The smallest absolute Gasteiger partial charge is 0.173 e. The lowest BCUT2D eigenvalue weighted by molar-refractivity contribution is 0.0903. The van der Waals surface area contributed by atoms with E-state index in [2.05, 4.69) is 15.2 Å². The Bertz CT molecular complexity index is 720. The summed E-state index contributed by atoms with van der Waals surface area (Å²) < 4.78 is 5.79. The van der Waals surface area contributed by atoms with Gasteiger partial charge in [-0.2, -0.15) is 0 Å². The molecule has 0 saturated carbocycles. The van der Waals surface area contributed by atoms with E-state index in [1.165, 1.54) is 0 Å². The molecule has 0 bridgehead atoms. The van der Waals surface area contributed by atoms with Gasteiger partial charge in [-0.1, -0.05) is 23.7 Å². The second-order valence-electron chi connectivity index (χ2n) is 6.25. The number of hydrogen-bond donors (Lipinski definition) is 1. The minimum Gasteiger partial charge on any atom is -0.376 e. The first-order valence-corrected chi connectivity index (χ1v) is 9.24. The summed E-state index contributed by atoms with van der Waals surface area (Å²) >= 11 is 12.0. The van der Waals surface area contributed by atoms with Gasteiger partial charge in [0.25, 0.3) is 0 Å². The highest BCUT2D eigenvalue weighted by atomic mass is 35.5.